The van der Waals surface area contributed by atoms with Gasteiger partial charge in [-0.3, -0.25) is 0 Å². The Labute approximate surface area is 73.0 Å². The number of halogens is 4. The van der Waals surface area contributed by atoms with Crippen LogP contribution in [0.25, 0.3) is 0 Å². The highest BCUT2D eigenvalue weighted by Crippen LogP contribution is 2.27. The fourth-order valence-corrected chi connectivity index (χ4v) is 0.459. The second kappa shape index (κ2) is 3.67. The summed E-state index contributed by atoms with van der Waals surface area (Å²) in [4.78, 5) is 0. The zero-order valence-corrected chi connectivity index (χ0v) is 6.84. The second-order valence-electron chi connectivity index (χ2n) is 2.04. The maximum atomic E-state index is 11.8. The van der Waals surface area contributed by atoms with Gasteiger partial charge in [0.15, 0.2) is 0 Å². The molecule has 2 N–H and O–H groups in total. The number of nitrogens with two attached hydrogens (primary N) is 1. The standard InChI is InChI=1S/C7H7ClF3N/c1-4(7(9,10)11)3-6(8)5(2)12/h3H,1-2,12H2/b6-3+. The number of rotatable bonds is 2. The van der Waals surface area contributed by atoms with Crippen molar-refractivity contribution in [3.05, 3.63) is 35.5 Å². The van der Waals surface area contributed by atoms with Crippen LogP contribution in [-0.2, 0) is 0 Å². The van der Waals surface area contributed by atoms with E-state index >= 15 is 0 Å². The van der Waals surface area contributed by atoms with Crippen molar-refractivity contribution >= 4 is 11.6 Å². The molecule has 0 fully saturated rings. The SMILES string of the molecule is C=C(N)/C(Cl)=C\C(=C)C(F)(F)F. The zero-order chi connectivity index (χ0) is 9.94. The number of alkyl halides is 3. The molecule has 0 saturated heterocycles. The number of hydrogen-bond acceptors (Lipinski definition) is 1. The molecule has 0 aliphatic heterocycles. The highest BCUT2D eigenvalue weighted by atomic mass is 35.5. The van der Waals surface area contributed by atoms with Crippen molar-refractivity contribution in [2.75, 3.05) is 0 Å². The van der Waals surface area contributed by atoms with Crippen molar-refractivity contribution < 1.29 is 13.2 Å². The van der Waals surface area contributed by atoms with Crippen LogP contribution in [0, 0.1) is 0 Å². The summed E-state index contributed by atoms with van der Waals surface area (Å²) in [6.45, 7) is 5.93. The molecule has 0 amide bonds. The summed E-state index contributed by atoms with van der Waals surface area (Å²) in [5.74, 6) is 0. The molecule has 5 heteroatoms. The van der Waals surface area contributed by atoms with Crippen LogP contribution < -0.4 is 5.73 Å². The molecule has 0 aromatic rings. The first-order valence-corrected chi connectivity index (χ1v) is 3.21. The first-order chi connectivity index (χ1) is 5.25. The molecule has 0 aromatic heterocycles. The van der Waals surface area contributed by atoms with Crippen LogP contribution in [0.3, 0.4) is 0 Å². The minimum absolute atomic E-state index is 0.123. The molecule has 0 bridgehead atoms. The van der Waals surface area contributed by atoms with E-state index in [1.54, 1.807) is 0 Å². The fourth-order valence-electron chi connectivity index (χ4n) is 0.327. The van der Waals surface area contributed by atoms with Gasteiger partial charge in [-0.2, -0.15) is 13.2 Å². The van der Waals surface area contributed by atoms with Crippen molar-refractivity contribution in [2.24, 2.45) is 5.73 Å². The predicted molar refractivity (Wildman–Crippen MR) is 42.5 cm³/mol. The Morgan fingerprint density at radius 3 is 2.00 bits per heavy atom. The Balaban J connectivity index is 4.57. The van der Waals surface area contributed by atoms with E-state index in [4.69, 9.17) is 17.3 Å². The largest absolute Gasteiger partial charge is 0.415 e. The van der Waals surface area contributed by atoms with E-state index < -0.39 is 11.7 Å². The van der Waals surface area contributed by atoms with Crippen molar-refractivity contribution in [3.63, 3.8) is 0 Å². The summed E-state index contributed by atoms with van der Waals surface area (Å²) in [5.41, 5.74) is 3.84. The molecule has 0 saturated carbocycles. The summed E-state index contributed by atoms with van der Waals surface area (Å²) in [6, 6.07) is 0. The van der Waals surface area contributed by atoms with E-state index in [9.17, 15) is 13.2 Å². The smallest absolute Gasteiger partial charge is 0.398 e. The molecule has 0 unspecified atom stereocenters. The lowest BCUT2D eigenvalue weighted by Crippen LogP contribution is -2.09. The van der Waals surface area contributed by atoms with Crippen LogP contribution in [0.5, 0.6) is 0 Å². The Bertz CT molecular complexity index is 240. The van der Waals surface area contributed by atoms with E-state index in [0.29, 0.717) is 6.08 Å². The highest BCUT2D eigenvalue weighted by molar-refractivity contribution is 6.32. The van der Waals surface area contributed by atoms with Crippen molar-refractivity contribution in [2.45, 2.75) is 6.18 Å². The summed E-state index contributed by atoms with van der Waals surface area (Å²) in [6.07, 6.45) is -3.85. The molecule has 0 rings (SSSR count). The molecule has 0 aliphatic carbocycles. The first-order valence-electron chi connectivity index (χ1n) is 2.83. The molecule has 0 radical (unpaired) electrons. The van der Waals surface area contributed by atoms with E-state index in [2.05, 4.69) is 13.2 Å². The van der Waals surface area contributed by atoms with Crippen LogP contribution >= 0.6 is 11.6 Å². The topological polar surface area (TPSA) is 26.0 Å². The molecular formula is C7H7ClF3N. The van der Waals surface area contributed by atoms with Gasteiger partial charge in [-0.1, -0.05) is 24.8 Å². The first kappa shape index (κ1) is 11.1. The predicted octanol–water partition coefficient (Wildman–Crippen LogP) is 2.70. The Morgan fingerprint density at radius 1 is 1.33 bits per heavy atom. The van der Waals surface area contributed by atoms with Gasteiger partial charge in [0.2, 0.25) is 0 Å². The highest BCUT2D eigenvalue weighted by Gasteiger charge is 2.30. The van der Waals surface area contributed by atoms with Gasteiger partial charge in [0.25, 0.3) is 0 Å². The molecule has 12 heavy (non-hydrogen) atoms. The Hall–Kier alpha value is -0.900. The van der Waals surface area contributed by atoms with Gasteiger partial charge in [0.05, 0.1) is 5.03 Å². The maximum absolute atomic E-state index is 11.8. The summed E-state index contributed by atoms with van der Waals surface area (Å²) < 4.78 is 35.4. The van der Waals surface area contributed by atoms with Crippen molar-refractivity contribution in [3.8, 4) is 0 Å². The van der Waals surface area contributed by atoms with Crippen LogP contribution in [0.15, 0.2) is 35.5 Å². The molecule has 68 valence electrons. The van der Waals surface area contributed by atoms with Crippen LogP contribution in [-0.4, -0.2) is 6.18 Å². The Morgan fingerprint density at radius 2 is 1.75 bits per heavy atom. The lowest BCUT2D eigenvalue weighted by Gasteiger charge is -2.05. The summed E-state index contributed by atoms with van der Waals surface area (Å²) in [5, 5.41) is -0.252. The van der Waals surface area contributed by atoms with E-state index in [0.717, 1.165) is 0 Å². The lowest BCUT2D eigenvalue weighted by molar-refractivity contribution is -0.0878. The quantitative estimate of drug-likeness (QED) is 0.677. The van der Waals surface area contributed by atoms with Gasteiger partial charge in [-0.15, -0.1) is 0 Å². The maximum Gasteiger partial charge on any atom is 0.415 e. The van der Waals surface area contributed by atoms with Crippen molar-refractivity contribution in [1.29, 1.82) is 0 Å². The third-order valence-corrected chi connectivity index (χ3v) is 1.32. The molecule has 1 nitrogen and oxygen atoms in total. The van der Waals surface area contributed by atoms with E-state index in [-0.39, 0.29) is 10.7 Å². The zero-order valence-electron chi connectivity index (χ0n) is 6.08. The van der Waals surface area contributed by atoms with Crippen LogP contribution in [0.1, 0.15) is 0 Å². The number of allylic oxidation sites excluding steroid dienone is 3. The summed E-state index contributed by atoms with van der Waals surface area (Å²) >= 11 is 5.29. The average molecular weight is 198 g/mol. The summed E-state index contributed by atoms with van der Waals surface area (Å²) in [7, 11) is 0. The number of hydrogen-bond donors (Lipinski definition) is 1. The van der Waals surface area contributed by atoms with Gasteiger partial charge in [0, 0.05) is 11.3 Å². The lowest BCUT2D eigenvalue weighted by atomic mass is 10.2. The average Bonchev–Trinajstić information content (AvgIpc) is 1.85. The molecule has 0 spiro atoms. The van der Waals surface area contributed by atoms with E-state index in [1.165, 1.54) is 0 Å². The Kier molecular flexibility index (Phi) is 3.39. The third-order valence-electron chi connectivity index (χ3n) is 0.972. The monoisotopic (exact) mass is 197 g/mol. The van der Waals surface area contributed by atoms with Crippen molar-refractivity contribution in [1.82, 2.24) is 0 Å². The van der Waals surface area contributed by atoms with Gasteiger partial charge in [-0.25, -0.2) is 0 Å². The molecule has 0 heterocycles. The van der Waals surface area contributed by atoms with E-state index in [1.807, 2.05) is 0 Å². The van der Waals surface area contributed by atoms with Crippen LogP contribution in [0.2, 0.25) is 0 Å². The molecule has 0 aliphatic rings. The normalized spacial score (nSPS) is 12.8. The van der Waals surface area contributed by atoms with Gasteiger partial charge in [-0.05, 0) is 6.08 Å². The van der Waals surface area contributed by atoms with Gasteiger partial charge in [0.1, 0.15) is 0 Å². The minimum Gasteiger partial charge on any atom is -0.398 e. The fraction of sp³-hybridized carbons (Fsp3) is 0.143. The van der Waals surface area contributed by atoms with Gasteiger partial charge >= 0.3 is 6.18 Å². The molecule has 0 aromatic carbocycles. The molecular weight excluding hydrogens is 191 g/mol. The third kappa shape index (κ3) is 3.48. The van der Waals surface area contributed by atoms with Gasteiger partial charge < -0.3 is 5.73 Å². The second-order valence-corrected chi connectivity index (χ2v) is 2.45. The minimum atomic E-state index is -4.48. The van der Waals surface area contributed by atoms with Crippen LogP contribution in [0.4, 0.5) is 13.2 Å². The molecule has 0 atom stereocenters.